The number of hydrogen-bond donors (Lipinski definition) is 2. The Bertz CT molecular complexity index is 530. The van der Waals surface area contributed by atoms with Crippen LogP contribution in [0.4, 0.5) is 0 Å². The van der Waals surface area contributed by atoms with Crippen LogP contribution in [-0.4, -0.2) is 43.0 Å². The maximum Gasteiger partial charge on any atom is 0.220 e. The molecule has 5 heteroatoms. The van der Waals surface area contributed by atoms with E-state index in [1.807, 2.05) is 30.3 Å². The maximum atomic E-state index is 12.2. The molecule has 0 aromatic heterocycles. The first kappa shape index (κ1) is 18.2. The summed E-state index contributed by atoms with van der Waals surface area (Å²) in [7, 11) is 0. The van der Waals surface area contributed by atoms with E-state index in [1.54, 1.807) is 0 Å². The Morgan fingerprint density at radius 2 is 1.92 bits per heavy atom. The summed E-state index contributed by atoms with van der Waals surface area (Å²) >= 11 is 0. The maximum absolute atomic E-state index is 12.2. The van der Waals surface area contributed by atoms with E-state index >= 15 is 0 Å². The first-order valence-electron chi connectivity index (χ1n) is 9.46. The Balaban J connectivity index is 1.44. The molecule has 1 saturated carbocycles. The van der Waals surface area contributed by atoms with Crippen molar-refractivity contribution < 1.29 is 19.4 Å². The lowest BCUT2D eigenvalue weighted by molar-refractivity contribution is -0.123. The van der Waals surface area contributed by atoms with Gasteiger partial charge in [0.05, 0.1) is 6.10 Å². The molecule has 2 fully saturated rings. The molecule has 1 saturated heterocycles. The third kappa shape index (κ3) is 5.44. The van der Waals surface area contributed by atoms with Crippen LogP contribution >= 0.6 is 0 Å². The summed E-state index contributed by atoms with van der Waals surface area (Å²) in [4.78, 5) is 12.2. The first-order chi connectivity index (χ1) is 12.2. The van der Waals surface area contributed by atoms with Crippen LogP contribution < -0.4 is 10.1 Å². The predicted molar refractivity (Wildman–Crippen MR) is 95.4 cm³/mol. The van der Waals surface area contributed by atoms with Crippen molar-refractivity contribution in [3.05, 3.63) is 30.3 Å². The quantitative estimate of drug-likeness (QED) is 0.830. The molecule has 0 unspecified atom stereocenters. The van der Waals surface area contributed by atoms with E-state index in [0.29, 0.717) is 18.9 Å². The van der Waals surface area contributed by atoms with Crippen LogP contribution in [0.2, 0.25) is 0 Å². The highest BCUT2D eigenvalue weighted by molar-refractivity contribution is 5.76. The van der Waals surface area contributed by atoms with Crippen molar-refractivity contribution in [3.63, 3.8) is 0 Å². The largest absolute Gasteiger partial charge is 0.488 e. The van der Waals surface area contributed by atoms with Crippen molar-refractivity contribution in [2.24, 2.45) is 11.8 Å². The molecule has 1 heterocycles. The topological polar surface area (TPSA) is 67.8 Å². The monoisotopic (exact) mass is 347 g/mol. The van der Waals surface area contributed by atoms with Gasteiger partial charge in [-0.1, -0.05) is 18.2 Å². The SMILES string of the molecule is O=C(CC1CCOCC1)NC[C@H]1CCC[C@@H](Oc2ccccc2)[C@@H]1O. The Morgan fingerprint density at radius 3 is 2.68 bits per heavy atom. The minimum absolute atomic E-state index is 0.0566. The van der Waals surface area contributed by atoms with Crippen molar-refractivity contribution in [1.29, 1.82) is 0 Å². The molecule has 1 aromatic rings. The van der Waals surface area contributed by atoms with Crippen LogP contribution in [-0.2, 0) is 9.53 Å². The van der Waals surface area contributed by atoms with Gasteiger partial charge in [0, 0.05) is 32.1 Å². The molecule has 0 spiro atoms. The summed E-state index contributed by atoms with van der Waals surface area (Å²) in [5, 5.41) is 13.7. The Kier molecular flexibility index (Phi) is 6.70. The van der Waals surface area contributed by atoms with E-state index in [0.717, 1.165) is 51.1 Å². The fourth-order valence-electron chi connectivity index (χ4n) is 3.78. The molecule has 3 rings (SSSR count). The molecule has 1 aliphatic heterocycles. The zero-order valence-corrected chi connectivity index (χ0v) is 14.7. The zero-order valence-electron chi connectivity index (χ0n) is 14.7. The van der Waals surface area contributed by atoms with Gasteiger partial charge < -0.3 is 19.9 Å². The minimum Gasteiger partial charge on any atom is -0.488 e. The smallest absolute Gasteiger partial charge is 0.220 e. The second-order valence-electron chi connectivity index (χ2n) is 7.21. The molecule has 0 radical (unpaired) electrons. The fourth-order valence-corrected chi connectivity index (χ4v) is 3.78. The summed E-state index contributed by atoms with van der Waals surface area (Å²) in [5.41, 5.74) is 0. The van der Waals surface area contributed by atoms with Gasteiger partial charge in [-0.25, -0.2) is 0 Å². The Labute approximate surface area is 149 Å². The van der Waals surface area contributed by atoms with Gasteiger partial charge in [0.1, 0.15) is 11.9 Å². The third-order valence-electron chi connectivity index (χ3n) is 5.33. The van der Waals surface area contributed by atoms with Crippen molar-refractivity contribution in [1.82, 2.24) is 5.32 Å². The molecule has 25 heavy (non-hydrogen) atoms. The number of rotatable bonds is 6. The molecular weight excluding hydrogens is 318 g/mol. The van der Waals surface area contributed by atoms with E-state index in [2.05, 4.69) is 5.32 Å². The van der Waals surface area contributed by atoms with E-state index in [9.17, 15) is 9.90 Å². The average Bonchev–Trinajstić information content (AvgIpc) is 2.64. The van der Waals surface area contributed by atoms with Crippen LogP contribution in [0.1, 0.15) is 38.5 Å². The van der Waals surface area contributed by atoms with Crippen LogP contribution in [0, 0.1) is 11.8 Å². The van der Waals surface area contributed by atoms with Gasteiger partial charge in [-0.3, -0.25) is 4.79 Å². The van der Waals surface area contributed by atoms with Crippen LogP contribution in [0.25, 0.3) is 0 Å². The second-order valence-corrected chi connectivity index (χ2v) is 7.21. The second kappa shape index (κ2) is 9.20. The van der Waals surface area contributed by atoms with Crippen LogP contribution in [0.15, 0.2) is 30.3 Å². The summed E-state index contributed by atoms with van der Waals surface area (Å²) in [5.74, 6) is 1.36. The van der Waals surface area contributed by atoms with Gasteiger partial charge in [-0.15, -0.1) is 0 Å². The predicted octanol–water partition coefficient (Wildman–Crippen LogP) is 2.53. The van der Waals surface area contributed by atoms with Crippen molar-refractivity contribution in [3.8, 4) is 5.75 Å². The number of amides is 1. The first-order valence-corrected chi connectivity index (χ1v) is 9.46. The molecule has 5 nitrogen and oxygen atoms in total. The van der Waals surface area contributed by atoms with E-state index in [1.165, 1.54) is 0 Å². The molecule has 2 aliphatic rings. The van der Waals surface area contributed by atoms with E-state index in [-0.39, 0.29) is 17.9 Å². The summed E-state index contributed by atoms with van der Waals surface area (Å²) in [6.07, 6.45) is 4.53. The fraction of sp³-hybridized carbons (Fsp3) is 0.650. The molecule has 2 N–H and O–H groups in total. The Morgan fingerprint density at radius 1 is 1.16 bits per heavy atom. The van der Waals surface area contributed by atoms with Gasteiger partial charge in [0.2, 0.25) is 5.91 Å². The van der Waals surface area contributed by atoms with E-state index < -0.39 is 6.10 Å². The summed E-state index contributed by atoms with van der Waals surface area (Å²) < 4.78 is 11.3. The number of nitrogens with one attached hydrogen (secondary N) is 1. The van der Waals surface area contributed by atoms with Crippen LogP contribution in [0.5, 0.6) is 5.75 Å². The molecule has 0 bridgehead atoms. The third-order valence-corrected chi connectivity index (χ3v) is 5.33. The lowest BCUT2D eigenvalue weighted by Gasteiger charge is -2.35. The normalized spacial score (nSPS) is 27.6. The lowest BCUT2D eigenvalue weighted by atomic mass is 9.84. The number of benzene rings is 1. The molecule has 1 aromatic carbocycles. The number of para-hydroxylation sites is 1. The van der Waals surface area contributed by atoms with Gasteiger partial charge in [-0.2, -0.15) is 0 Å². The number of ether oxygens (including phenoxy) is 2. The van der Waals surface area contributed by atoms with Gasteiger partial charge in [-0.05, 0) is 50.2 Å². The molecule has 1 aliphatic carbocycles. The lowest BCUT2D eigenvalue weighted by Crippen LogP contribution is -2.46. The number of hydrogen-bond acceptors (Lipinski definition) is 4. The summed E-state index contributed by atoms with van der Waals surface area (Å²) in [6, 6.07) is 9.62. The molecule has 3 atom stereocenters. The average molecular weight is 347 g/mol. The van der Waals surface area contributed by atoms with Gasteiger partial charge in [0.15, 0.2) is 0 Å². The minimum atomic E-state index is -0.544. The highest BCUT2D eigenvalue weighted by atomic mass is 16.5. The molecule has 1 amide bonds. The number of carbonyl (C=O) groups excluding carboxylic acids is 1. The van der Waals surface area contributed by atoms with Gasteiger partial charge in [0.25, 0.3) is 0 Å². The van der Waals surface area contributed by atoms with Crippen molar-refractivity contribution in [2.45, 2.75) is 50.7 Å². The van der Waals surface area contributed by atoms with Crippen molar-refractivity contribution in [2.75, 3.05) is 19.8 Å². The van der Waals surface area contributed by atoms with Crippen molar-refractivity contribution >= 4 is 5.91 Å². The van der Waals surface area contributed by atoms with E-state index in [4.69, 9.17) is 9.47 Å². The number of aliphatic hydroxyl groups is 1. The number of carbonyl (C=O) groups is 1. The highest BCUT2D eigenvalue weighted by Crippen LogP contribution is 2.28. The van der Waals surface area contributed by atoms with Gasteiger partial charge >= 0.3 is 0 Å². The number of aliphatic hydroxyl groups excluding tert-OH is 1. The zero-order chi connectivity index (χ0) is 17.5. The summed E-state index contributed by atoms with van der Waals surface area (Å²) in [6.45, 7) is 2.05. The van der Waals surface area contributed by atoms with Crippen LogP contribution in [0.3, 0.4) is 0 Å². The highest BCUT2D eigenvalue weighted by Gasteiger charge is 2.33. The standard InChI is InChI=1S/C20H29NO4/c22-19(13-15-9-11-24-12-10-15)21-14-16-5-4-8-18(20(16)23)25-17-6-2-1-3-7-17/h1-3,6-7,15-16,18,20,23H,4-5,8-14H2,(H,21,22)/t16-,18-,20-/m1/s1. The molecular formula is C20H29NO4. The molecule has 138 valence electrons. The Hall–Kier alpha value is -1.59.